The lowest BCUT2D eigenvalue weighted by atomic mass is 10.2. The summed E-state index contributed by atoms with van der Waals surface area (Å²) in [6, 6.07) is 10.6. The van der Waals surface area contributed by atoms with Crippen LogP contribution in [0.15, 0.2) is 30.3 Å². The fourth-order valence-electron chi connectivity index (χ4n) is 3.13. The third kappa shape index (κ3) is 2.45. The third-order valence-electron chi connectivity index (χ3n) is 4.31. The molecule has 2 aliphatic heterocycles. The Kier molecular flexibility index (Phi) is 3.42. The van der Waals surface area contributed by atoms with Crippen LogP contribution in [0.5, 0.6) is 0 Å². The molecule has 2 heterocycles. The molecule has 19 heavy (non-hydrogen) atoms. The van der Waals surface area contributed by atoms with E-state index in [-0.39, 0.29) is 5.91 Å². The van der Waals surface area contributed by atoms with E-state index in [1.54, 1.807) is 0 Å². The van der Waals surface area contributed by atoms with Crippen molar-refractivity contribution in [1.82, 2.24) is 9.80 Å². The largest absolute Gasteiger partial charge is 0.369 e. The zero-order chi connectivity index (χ0) is 13.2. The van der Waals surface area contributed by atoms with Crippen molar-refractivity contribution in [2.24, 2.45) is 0 Å². The van der Waals surface area contributed by atoms with Gasteiger partial charge in [-0.25, -0.2) is 0 Å². The van der Waals surface area contributed by atoms with Gasteiger partial charge in [-0.15, -0.1) is 0 Å². The highest BCUT2D eigenvalue weighted by atomic mass is 16.2. The fourth-order valence-corrected chi connectivity index (χ4v) is 3.13. The highest BCUT2D eigenvalue weighted by Gasteiger charge is 2.33. The third-order valence-corrected chi connectivity index (χ3v) is 4.31. The molecular formula is C15H21N3O. The first-order valence-electron chi connectivity index (χ1n) is 7.05. The average Bonchev–Trinajstić information content (AvgIpc) is 2.80. The van der Waals surface area contributed by atoms with Crippen molar-refractivity contribution in [2.75, 3.05) is 38.1 Å². The van der Waals surface area contributed by atoms with Gasteiger partial charge in [-0.05, 0) is 18.6 Å². The number of carbonyl (C=O) groups excluding carboxylic acids is 1. The van der Waals surface area contributed by atoms with Crippen LogP contribution in [-0.2, 0) is 4.79 Å². The smallest absolute Gasteiger partial charge is 0.223 e. The quantitative estimate of drug-likeness (QED) is 0.803. The molecule has 1 aromatic carbocycles. The van der Waals surface area contributed by atoms with Crippen LogP contribution in [0.3, 0.4) is 0 Å². The fraction of sp³-hybridized carbons (Fsp3) is 0.533. The van der Waals surface area contributed by atoms with E-state index in [0.717, 1.165) is 32.6 Å². The monoisotopic (exact) mass is 259 g/mol. The Morgan fingerprint density at radius 1 is 1.05 bits per heavy atom. The molecule has 1 atom stereocenters. The number of anilines is 1. The van der Waals surface area contributed by atoms with Gasteiger partial charge in [0.15, 0.2) is 0 Å². The minimum Gasteiger partial charge on any atom is -0.369 e. The summed E-state index contributed by atoms with van der Waals surface area (Å²) in [5.74, 6) is 0.287. The van der Waals surface area contributed by atoms with E-state index >= 15 is 0 Å². The zero-order valence-electron chi connectivity index (χ0n) is 11.5. The number of piperazine rings is 1. The van der Waals surface area contributed by atoms with Gasteiger partial charge in [-0.1, -0.05) is 18.2 Å². The summed E-state index contributed by atoms with van der Waals surface area (Å²) in [5.41, 5.74) is 1.30. The average molecular weight is 259 g/mol. The van der Waals surface area contributed by atoms with Gasteiger partial charge in [0.1, 0.15) is 0 Å². The van der Waals surface area contributed by atoms with Crippen molar-refractivity contribution in [3.8, 4) is 0 Å². The van der Waals surface area contributed by atoms with E-state index in [1.807, 2.05) is 11.9 Å². The lowest BCUT2D eigenvalue weighted by molar-refractivity contribution is -0.129. The highest BCUT2D eigenvalue weighted by molar-refractivity contribution is 5.78. The highest BCUT2D eigenvalue weighted by Crippen LogP contribution is 2.23. The molecule has 0 spiro atoms. The number of carbonyl (C=O) groups is 1. The number of para-hydroxylation sites is 1. The molecule has 1 unspecified atom stereocenters. The predicted molar refractivity (Wildman–Crippen MR) is 76.0 cm³/mol. The van der Waals surface area contributed by atoms with E-state index < -0.39 is 0 Å². The van der Waals surface area contributed by atoms with Crippen LogP contribution in [-0.4, -0.2) is 55.1 Å². The van der Waals surface area contributed by atoms with Crippen molar-refractivity contribution >= 4 is 11.6 Å². The van der Waals surface area contributed by atoms with Crippen molar-refractivity contribution in [3.63, 3.8) is 0 Å². The van der Waals surface area contributed by atoms with Gasteiger partial charge in [-0.2, -0.15) is 0 Å². The van der Waals surface area contributed by atoms with Crippen LogP contribution >= 0.6 is 0 Å². The molecule has 1 aromatic rings. The van der Waals surface area contributed by atoms with Crippen LogP contribution in [0.1, 0.15) is 12.8 Å². The molecule has 3 rings (SSSR count). The van der Waals surface area contributed by atoms with E-state index in [9.17, 15) is 4.79 Å². The Morgan fingerprint density at radius 2 is 1.74 bits per heavy atom. The Labute approximate surface area is 114 Å². The second-order valence-electron chi connectivity index (χ2n) is 5.38. The predicted octanol–water partition coefficient (Wildman–Crippen LogP) is 1.39. The first kappa shape index (κ1) is 12.5. The van der Waals surface area contributed by atoms with E-state index in [2.05, 4.69) is 40.1 Å². The molecule has 4 nitrogen and oxygen atoms in total. The lowest BCUT2D eigenvalue weighted by Gasteiger charge is -2.40. The van der Waals surface area contributed by atoms with Gasteiger partial charge in [0.05, 0.1) is 6.17 Å². The number of benzene rings is 1. The molecule has 0 N–H and O–H groups in total. The number of nitrogens with zero attached hydrogens (tertiary/aromatic N) is 3. The summed E-state index contributed by atoms with van der Waals surface area (Å²) in [7, 11) is 1.93. The van der Waals surface area contributed by atoms with E-state index in [1.165, 1.54) is 5.69 Å². The Hall–Kier alpha value is -1.55. The molecule has 0 radical (unpaired) electrons. The minimum absolute atomic E-state index is 0.287. The Morgan fingerprint density at radius 3 is 2.32 bits per heavy atom. The van der Waals surface area contributed by atoms with Gasteiger partial charge in [0.25, 0.3) is 0 Å². The Balaban J connectivity index is 1.59. The van der Waals surface area contributed by atoms with Gasteiger partial charge >= 0.3 is 0 Å². The zero-order valence-corrected chi connectivity index (χ0v) is 11.5. The molecule has 4 heteroatoms. The summed E-state index contributed by atoms with van der Waals surface area (Å²) in [6.45, 7) is 4.17. The topological polar surface area (TPSA) is 26.8 Å². The SMILES string of the molecule is CN1C(=O)CCC1N1CCN(c2ccccc2)CC1. The number of rotatable bonds is 2. The molecule has 0 aliphatic carbocycles. The van der Waals surface area contributed by atoms with Crippen LogP contribution < -0.4 is 4.90 Å². The second-order valence-corrected chi connectivity index (χ2v) is 5.38. The first-order chi connectivity index (χ1) is 9.25. The van der Waals surface area contributed by atoms with Crippen molar-refractivity contribution < 1.29 is 4.79 Å². The molecular weight excluding hydrogens is 238 g/mol. The van der Waals surface area contributed by atoms with E-state index in [0.29, 0.717) is 12.6 Å². The number of amides is 1. The maximum atomic E-state index is 11.6. The van der Waals surface area contributed by atoms with Crippen LogP contribution in [0.25, 0.3) is 0 Å². The molecule has 0 bridgehead atoms. The molecule has 1 amide bonds. The van der Waals surface area contributed by atoms with Crippen LogP contribution in [0, 0.1) is 0 Å². The van der Waals surface area contributed by atoms with Crippen LogP contribution in [0.2, 0.25) is 0 Å². The first-order valence-corrected chi connectivity index (χ1v) is 7.05. The summed E-state index contributed by atoms with van der Waals surface area (Å²) in [5, 5.41) is 0. The van der Waals surface area contributed by atoms with Gasteiger partial charge in [-0.3, -0.25) is 9.69 Å². The van der Waals surface area contributed by atoms with Gasteiger partial charge in [0, 0.05) is 45.3 Å². The number of hydrogen-bond donors (Lipinski definition) is 0. The van der Waals surface area contributed by atoms with E-state index in [4.69, 9.17) is 0 Å². The molecule has 2 saturated heterocycles. The molecule has 2 fully saturated rings. The molecule has 0 saturated carbocycles. The molecule has 2 aliphatic rings. The van der Waals surface area contributed by atoms with Gasteiger partial charge in [0.2, 0.25) is 5.91 Å². The minimum atomic E-state index is 0.287. The standard InChI is InChI=1S/C15H21N3O/c1-16-14(7-8-15(16)19)18-11-9-17(10-12-18)13-5-3-2-4-6-13/h2-6,14H,7-12H2,1H3. The van der Waals surface area contributed by atoms with Crippen molar-refractivity contribution in [3.05, 3.63) is 30.3 Å². The second kappa shape index (κ2) is 5.21. The maximum Gasteiger partial charge on any atom is 0.223 e. The molecule has 102 valence electrons. The normalized spacial score (nSPS) is 25.1. The summed E-state index contributed by atoms with van der Waals surface area (Å²) in [4.78, 5) is 18.4. The number of hydrogen-bond acceptors (Lipinski definition) is 3. The summed E-state index contributed by atoms with van der Waals surface area (Å²) < 4.78 is 0. The van der Waals surface area contributed by atoms with Crippen molar-refractivity contribution in [1.29, 1.82) is 0 Å². The lowest BCUT2D eigenvalue weighted by Crippen LogP contribution is -2.53. The van der Waals surface area contributed by atoms with Crippen molar-refractivity contribution in [2.45, 2.75) is 19.0 Å². The molecule has 0 aromatic heterocycles. The Bertz CT molecular complexity index is 440. The number of likely N-dealkylation sites (tertiary alicyclic amines) is 1. The summed E-state index contributed by atoms with van der Waals surface area (Å²) in [6.07, 6.45) is 2.02. The van der Waals surface area contributed by atoms with Crippen LogP contribution in [0.4, 0.5) is 5.69 Å². The summed E-state index contributed by atoms with van der Waals surface area (Å²) >= 11 is 0. The van der Waals surface area contributed by atoms with Gasteiger partial charge < -0.3 is 9.80 Å². The maximum absolute atomic E-state index is 11.6.